The van der Waals surface area contributed by atoms with Crippen LogP contribution in [0.3, 0.4) is 0 Å². The highest BCUT2D eigenvalue weighted by Gasteiger charge is 2.21. The zero-order valence-corrected chi connectivity index (χ0v) is 19.7. The minimum absolute atomic E-state index is 0.136. The van der Waals surface area contributed by atoms with Gasteiger partial charge in [0, 0.05) is 11.4 Å². The molecule has 31 heavy (non-hydrogen) atoms. The number of carbonyl (C=O) groups is 1. The Morgan fingerprint density at radius 1 is 1.06 bits per heavy atom. The number of amides is 1. The molecule has 1 atom stereocenters. The third-order valence-electron chi connectivity index (χ3n) is 5.47. The van der Waals surface area contributed by atoms with Crippen molar-refractivity contribution in [2.75, 3.05) is 0 Å². The first-order valence-electron chi connectivity index (χ1n) is 11.0. The summed E-state index contributed by atoms with van der Waals surface area (Å²) in [5.74, 6) is 1.45. The van der Waals surface area contributed by atoms with E-state index in [1.807, 2.05) is 58.8 Å². The predicted molar refractivity (Wildman–Crippen MR) is 127 cm³/mol. The van der Waals surface area contributed by atoms with Crippen LogP contribution < -0.4 is 4.74 Å². The normalized spacial score (nSPS) is 12.0. The zero-order chi connectivity index (χ0) is 22.2. The van der Waals surface area contributed by atoms with Crippen LogP contribution in [0.25, 0.3) is 0 Å². The fourth-order valence-corrected chi connectivity index (χ4v) is 4.17. The van der Waals surface area contributed by atoms with Gasteiger partial charge in [-0.3, -0.25) is 4.79 Å². The Labute approximate surface area is 189 Å². The highest BCUT2D eigenvalue weighted by Crippen LogP contribution is 2.27. The van der Waals surface area contributed by atoms with E-state index in [0.717, 1.165) is 28.4 Å². The van der Waals surface area contributed by atoms with Gasteiger partial charge in [-0.2, -0.15) is 0 Å². The van der Waals surface area contributed by atoms with E-state index in [4.69, 9.17) is 9.72 Å². The van der Waals surface area contributed by atoms with Gasteiger partial charge in [0.15, 0.2) is 0 Å². The molecule has 164 valence electrons. The molecule has 0 aliphatic rings. The number of benzene rings is 2. The van der Waals surface area contributed by atoms with Gasteiger partial charge in [0.2, 0.25) is 5.91 Å². The van der Waals surface area contributed by atoms with Crippen molar-refractivity contribution in [3.8, 4) is 5.75 Å². The van der Waals surface area contributed by atoms with Crippen molar-refractivity contribution in [2.24, 2.45) is 0 Å². The average molecular weight is 437 g/mol. The molecule has 3 rings (SSSR count). The Balaban J connectivity index is 1.65. The quantitative estimate of drug-likeness (QED) is 0.379. The van der Waals surface area contributed by atoms with Crippen molar-refractivity contribution in [1.82, 2.24) is 9.88 Å². The molecule has 0 aliphatic heterocycles. The monoisotopic (exact) mass is 436 g/mol. The number of ether oxygens (including phenoxy) is 1. The number of aromatic nitrogens is 1. The summed E-state index contributed by atoms with van der Waals surface area (Å²) in [6.45, 7) is 9.51. The third-order valence-corrected chi connectivity index (χ3v) is 6.34. The first kappa shape index (κ1) is 23.0. The van der Waals surface area contributed by atoms with Crippen LogP contribution in [0.4, 0.5) is 0 Å². The van der Waals surface area contributed by atoms with Crippen molar-refractivity contribution in [3.63, 3.8) is 0 Å². The Kier molecular flexibility index (Phi) is 8.24. The van der Waals surface area contributed by atoms with Gasteiger partial charge in [-0.1, -0.05) is 69.3 Å². The molecule has 1 amide bonds. The summed E-state index contributed by atoms with van der Waals surface area (Å²) in [7, 11) is 0. The molecule has 3 aromatic rings. The highest BCUT2D eigenvalue weighted by atomic mass is 32.1. The van der Waals surface area contributed by atoms with E-state index in [1.165, 1.54) is 5.56 Å². The van der Waals surface area contributed by atoms with Crippen molar-refractivity contribution in [1.29, 1.82) is 0 Å². The second kappa shape index (κ2) is 11.1. The van der Waals surface area contributed by atoms with Crippen molar-refractivity contribution in [2.45, 2.75) is 65.6 Å². The first-order chi connectivity index (χ1) is 15.0. The zero-order valence-electron chi connectivity index (χ0n) is 18.9. The molecule has 0 fully saturated rings. The van der Waals surface area contributed by atoms with E-state index in [1.54, 1.807) is 11.3 Å². The molecule has 0 radical (unpaired) electrons. The van der Waals surface area contributed by atoms with Crippen LogP contribution in [0, 0.1) is 0 Å². The van der Waals surface area contributed by atoms with Crippen LogP contribution in [0.2, 0.25) is 0 Å². The van der Waals surface area contributed by atoms with Crippen LogP contribution in [-0.4, -0.2) is 21.8 Å². The SMILES string of the molecule is CC[C@H](C)N(Cc1csc(COc2ccccc2C(C)C)n1)C(=O)Cc1ccccc1. The maximum absolute atomic E-state index is 13.0. The van der Waals surface area contributed by atoms with Crippen LogP contribution in [0.5, 0.6) is 5.75 Å². The fourth-order valence-electron chi connectivity index (χ4n) is 3.47. The van der Waals surface area contributed by atoms with Crippen LogP contribution in [-0.2, 0) is 24.4 Å². The molecule has 1 heterocycles. The van der Waals surface area contributed by atoms with Crippen molar-refractivity contribution in [3.05, 3.63) is 81.8 Å². The van der Waals surface area contributed by atoms with E-state index in [-0.39, 0.29) is 11.9 Å². The molecule has 1 aromatic heterocycles. The van der Waals surface area contributed by atoms with E-state index in [2.05, 4.69) is 33.8 Å². The molecule has 0 unspecified atom stereocenters. The van der Waals surface area contributed by atoms with Gasteiger partial charge in [0.25, 0.3) is 0 Å². The van der Waals surface area contributed by atoms with Gasteiger partial charge < -0.3 is 9.64 Å². The first-order valence-corrected chi connectivity index (χ1v) is 11.8. The minimum Gasteiger partial charge on any atom is -0.486 e. The fraction of sp³-hybridized carbons (Fsp3) is 0.385. The maximum Gasteiger partial charge on any atom is 0.227 e. The lowest BCUT2D eigenvalue weighted by molar-refractivity contribution is -0.133. The summed E-state index contributed by atoms with van der Waals surface area (Å²) in [5.41, 5.74) is 3.16. The molecule has 2 aromatic carbocycles. The number of thiazole rings is 1. The number of nitrogens with zero attached hydrogens (tertiary/aromatic N) is 2. The predicted octanol–water partition coefficient (Wildman–Crippen LogP) is 6.22. The number of carbonyl (C=O) groups excluding carboxylic acids is 1. The van der Waals surface area contributed by atoms with Crippen LogP contribution in [0.1, 0.15) is 61.9 Å². The highest BCUT2D eigenvalue weighted by molar-refractivity contribution is 7.09. The van der Waals surface area contributed by atoms with E-state index < -0.39 is 0 Å². The van der Waals surface area contributed by atoms with E-state index >= 15 is 0 Å². The molecular formula is C26H32N2O2S. The molecule has 0 aliphatic carbocycles. The topological polar surface area (TPSA) is 42.4 Å². The molecular weight excluding hydrogens is 404 g/mol. The van der Waals surface area contributed by atoms with Crippen molar-refractivity contribution >= 4 is 17.2 Å². The second-order valence-corrected chi connectivity index (χ2v) is 9.10. The molecule has 0 N–H and O–H groups in total. The number of para-hydroxylation sites is 1. The summed E-state index contributed by atoms with van der Waals surface area (Å²) < 4.78 is 6.07. The van der Waals surface area contributed by atoms with Crippen molar-refractivity contribution < 1.29 is 9.53 Å². The lowest BCUT2D eigenvalue weighted by Gasteiger charge is -2.28. The van der Waals surface area contributed by atoms with E-state index in [9.17, 15) is 4.79 Å². The Morgan fingerprint density at radius 2 is 1.77 bits per heavy atom. The van der Waals surface area contributed by atoms with Gasteiger partial charge in [-0.25, -0.2) is 4.98 Å². The molecule has 0 saturated heterocycles. The summed E-state index contributed by atoms with van der Waals surface area (Å²) in [6, 6.07) is 18.2. The Hall–Kier alpha value is -2.66. The molecule has 0 bridgehead atoms. The molecule has 0 saturated carbocycles. The molecule has 0 spiro atoms. The van der Waals surface area contributed by atoms with Crippen LogP contribution in [0.15, 0.2) is 60.0 Å². The Bertz CT molecular complexity index is 968. The van der Waals surface area contributed by atoms with Gasteiger partial charge in [-0.05, 0) is 36.5 Å². The summed E-state index contributed by atoms with van der Waals surface area (Å²) in [5, 5.41) is 2.96. The minimum atomic E-state index is 0.136. The lowest BCUT2D eigenvalue weighted by atomic mass is 10.0. The van der Waals surface area contributed by atoms with Gasteiger partial charge in [-0.15, -0.1) is 11.3 Å². The smallest absolute Gasteiger partial charge is 0.227 e. The standard InChI is InChI=1S/C26H32N2O2S/c1-5-20(4)28(26(29)15-21-11-7-6-8-12-21)16-22-18-31-25(27-22)17-30-24-14-10-9-13-23(24)19(2)3/h6-14,18-20H,5,15-17H2,1-4H3/t20-/m0/s1. The van der Waals surface area contributed by atoms with Gasteiger partial charge in [0.05, 0.1) is 18.7 Å². The van der Waals surface area contributed by atoms with Crippen LogP contribution >= 0.6 is 11.3 Å². The summed E-state index contributed by atoms with van der Waals surface area (Å²) >= 11 is 1.59. The number of rotatable bonds is 10. The summed E-state index contributed by atoms with van der Waals surface area (Å²) in [4.78, 5) is 19.7. The van der Waals surface area contributed by atoms with Gasteiger partial charge in [0.1, 0.15) is 17.4 Å². The number of hydrogen-bond acceptors (Lipinski definition) is 4. The largest absolute Gasteiger partial charge is 0.486 e. The van der Waals surface area contributed by atoms with E-state index in [0.29, 0.717) is 25.5 Å². The second-order valence-electron chi connectivity index (χ2n) is 8.16. The number of hydrogen-bond donors (Lipinski definition) is 0. The Morgan fingerprint density at radius 3 is 2.48 bits per heavy atom. The molecule has 4 nitrogen and oxygen atoms in total. The lowest BCUT2D eigenvalue weighted by Crippen LogP contribution is -2.38. The maximum atomic E-state index is 13.0. The summed E-state index contributed by atoms with van der Waals surface area (Å²) in [6.07, 6.45) is 1.32. The molecule has 5 heteroatoms. The average Bonchev–Trinajstić information content (AvgIpc) is 3.23. The van der Waals surface area contributed by atoms with Gasteiger partial charge >= 0.3 is 0 Å². The third kappa shape index (κ3) is 6.41.